The predicted octanol–water partition coefficient (Wildman–Crippen LogP) is 1.96. The quantitative estimate of drug-likeness (QED) is 0.861. The summed E-state index contributed by atoms with van der Waals surface area (Å²) in [5, 5.41) is 3.49. The maximum absolute atomic E-state index is 4.27. The number of nitrogens with one attached hydrogen (secondary N) is 1. The van der Waals surface area contributed by atoms with Crippen LogP contribution in [0.1, 0.15) is 30.9 Å². The van der Waals surface area contributed by atoms with Crippen molar-refractivity contribution >= 4 is 0 Å². The Morgan fingerprint density at radius 2 is 2.35 bits per heavy atom. The summed E-state index contributed by atoms with van der Waals surface area (Å²) in [6, 6.07) is 2.93. The maximum atomic E-state index is 4.27. The second kappa shape index (κ2) is 6.12. The first-order chi connectivity index (χ1) is 8.29. The van der Waals surface area contributed by atoms with Crippen LogP contribution in [0.25, 0.3) is 0 Å². The number of nitrogens with zero attached hydrogens (tertiary/aromatic N) is 2. The number of hydrogen-bond donors (Lipinski definition) is 1. The average molecular weight is 233 g/mol. The van der Waals surface area contributed by atoms with E-state index in [0.29, 0.717) is 6.04 Å². The lowest BCUT2D eigenvalue weighted by Gasteiger charge is -2.33. The molecule has 2 rings (SSSR count). The molecule has 0 aromatic carbocycles. The summed E-state index contributed by atoms with van der Waals surface area (Å²) in [7, 11) is 0. The molecule has 1 aromatic heterocycles. The van der Waals surface area contributed by atoms with E-state index in [1.165, 1.54) is 30.5 Å². The van der Waals surface area contributed by atoms with Crippen LogP contribution in [0.4, 0.5) is 0 Å². The Bertz CT molecular complexity index is 345. The van der Waals surface area contributed by atoms with Crippen molar-refractivity contribution in [3.8, 4) is 0 Å². The summed E-state index contributed by atoms with van der Waals surface area (Å²) in [4.78, 5) is 6.83. The molecular weight excluding hydrogens is 210 g/mol. The lowest BCUT2D eigenvalue weighted by Crippen LogP contribution is -2.45. The van der Waals surface area contributed by atoms with Gasteiger partial charge in [0.1, 0.15) is 0 Å². The minimum absolute atomic E-state index is 0.689. The summed E-state index contributed by atoms with van der Waals surface area (Å²) in [6.07, 6.45) is 6.53. The molecule has 17 heavy (non-hydrogen) atoms. The highest BCUT2D eigenvalue weighted by Gasteiger charge is 2.19. The zero-order chi connectivity index (χ0) is 12.1. The van der Waals surface area contributed by atoms with Gasteiger partial charge >= 0.3 is 0 Å². The number of hydrogen-bond acceptors (Lipinski definition) is 3. The lowest BCUT2D eigenvalue weighted by atomic mass is 10.0. The first-order valence-electron chi connectivity index (χ1n) is 6.65. The Morgan fingerprint density at radius 3 is 3.00 bits per heavy atom. The van der Waals surface area contributed by atoms with Gasteiger partial charge in [0.15, 0.2) is 0 Å². The Kier molecular flexibility index (Phi) is 4.51. The molecule has 0 bridgehead atoms. The van der Waals surface area contributed by atoms with Gasteiger partial charge in [-0.2, -0.15) is 0 Å². The maximum Gasteiger partial charge on any atom is 0.0313 e. The van der Waals surface area contributed by atoms with E-state index in [4.69, 9.17) is 0 Å². The molecule has 1 aliphatic rings. The molecule has 0 spiro atoms. The van der Waals surface area contributed by atoms with Crippen LogP contribution in [0.5, 0.6) is 0 Å². The van der Waals surface area contributed by atoms with Gasteiger partial charge in [-0.15, -0.1) is 0 Å². The predicted molar refractivity (Wildman–Crippen MR) is 70.9 cm³/mol. The van der Waals surface area contributed by atoms with Gasteiger partial charge in [-0.25, -0.2) is 0 Å². The third-order valence-electron chi connectivity index (χ3n) is 3.51. The fourth-order valence-electron chi connectivity index (χ4n) is 2.58. The van der Waals surface area contributed by atoms with E-state index in [2.05, 4.69) is 35.1 Å². The molecule has 1 fully saturated rings. The summed E-state index contributed by atoms with van der Waals surface area (Å²) < 4.78 is 0. The van der Waals surface area contributed by atoms with Crippen molar-refractivity contribution in [3.63, 3.8) is 0 Å². The molecule has 3 nitrogen and oxygen atoms in total. The van der Waals surface area contributed by atoms with Crippen LogP contribution in [0.15, 0.2) is 18.5 Å². The zero-order valence-electron chi connectivity index (χ0n) is 10.9. The summed E-state index contributed by atoms with van der Waals surface area (Å²) in [6.45, 7) is 8.80. The van der Waals surface area contributed by atoms with Crippen molar-refractivity contribution in [2.75, 3.05) is 19.6 Å². The molecule has 1 aliphatic heterocycles. The highest BCUT2D eigenvalue weighted by atomic mass is 15.2. The van der Waals surface area contributed by atoms with Crippen molar-refractivity contribution in [1.29, 1.82) is 0 Å². The van der Waals surface area contributed by atoms with E-state index in [1.807, 2.05) is 12.4 Å². The highest BCUT2D eigenvalue weighted by Crippen LogP contribution is 2.14. The normalized spacial score (nSPS) is 20.8. The molecule has 3 heteroatoms. The Labute approximate surface area is 104 Å². The molecule has 0 saturated carbocycles. The molecular formula is C14H23N3. The van der Waals surface area contributed by atoms with Gasteiger partial charge in [0.25, 0.3) is 0 Å². The monoisotopic (exact) mass is 233 g/mol. The third-order valence-corrected chi connectivity index (χ3v) is 3.51. The van der Waals surface area contributed by atoms with Gasteiger partial charge in [-0.3, -0.25) is 9.88 Å². The van der Waals surface area contributed by atoms with Crippen molar-refractivity contribution < 1.29 is 0 Å². The number of piperidine rings is 1. The van der Waals surface area contributed by atoms with E-state index < -0.39 is 0 Å². The van der Waals surface area contributed by atoms with Gasteiger partial charge in [0.2, 0.25) is 0 Å². The molecule has 94 valence electrons. The van der Waals surface area contributed by atoms with Crippen LogP contribution in [-0.4, -0.2) is 35.6 Å². The van der Waals surface area contributed by atoms with E-state index in [9.17, 15) is 0 Å². The van der Waals surface area contributed by atoms with Gasteiger partial charge in [-0.1, -0.05) is 13.0 Å². The van der Waals surface area contributed by atoms with Crippen molar-refractivity contribution in [1.82, 2.24) is 15.2 Å². The van der Waals surface area contributed by atoms with Crippen molar-refractivity contribution in [2.24, 2.45) is 0 Å². The van der Waals surface area contributed by atoms with Gasteiger partial charge in [-0.05, 0) is 44.0 Å². The van der Waals surface area contributed by atoms with Crippen LogP contribution >= 0.6 is 0 Å². The SMILES string of the molecule is CCN(Cc1cncc(C)c1)C1CCCNC1. The van der Waals surface area contributed by atoms with Crippen LogP contribution < -0.4 is 5.32 Å². The fraction of sp³-hybridized carbons (Fsp3) is 0.643. The Balaban J connectivity index is 1.98. The summed E-state index contributed by atoms with van der Waals surface area (Å²) in [5.74, 6) is 0. The Morgan fingerprint density at radius 1 is 1.47 bits per heavy atom. The van der Waals surface area contributed by atoms with E-state index in [1.54, 1.807) is 0 Å². The topological polar surface area (TPSA) is 28.2 Å². The second-order valence-corrected chi connectivity index (χ2v) is 4.93. The number of aromatic nitrogens is 1. The van der Waals surface area contributed by atoms with Gasteiger partial charge in [0.05, 0.1) is 0 Å². The number of aryl methyl sites for hydroxylation is 1. The van der Waals surface area contributed by atoms with Crippen LogP contribution in [0, 0.1) is 6.92 Å². The average Bonchev–Trinajstić information content (AvgIpc) is 2.37. The second-order valence-electron chi connectivity index (χ2n) is 4.93. The first kappa shape index (κ1) is 12.5. The highest BCUT2D eigenvalue weighted by molar-refractivity contribution is 5.16. The fourth-order valence-corrected chi connectivity index (χ4v) is 2.58. The largest absolute Gasteiger partial charge is 0.315 e. The molecule has 1 saturated heterocycles. The minimum atomic E-state index is 0.689. The summed E-state index contributed by atoms with van der Waals surface area (Å²) in [5.41, 5.74) is 2.58. The lowest BCUT2D eigenvalue weighted by molar-refractivity contribution is 0.166. The molecule has 0 aliphatic carbocycles. The van der Waals surface area contributed by atoms with Gasteiger partial charge < -0.3 is 5.32 Å². The van der Waals surface area contributed by atoms with E-state index in [0.717, 1.165) is 19.6 Å². The number of likely N-dealkylation sites (N-methyl/N-ethyl adjacent to an activating group) is 1. The molecule has 2 heterocycles. The number of pyridine rings is 1. The molecule has 1 atom stereocenters. The van der Waals surface area contributed by atoms with Crippen LogP contribution in [0.3, 0.4) is 0 Å². The number of rotatable bonds is 4. The third kappa shape index (κ3) is 3.51. The van der Waals surface area contributed by atoms with E-state index in [-0.39, 0.29) is 0 Å². The first-order valence-corrected chi connectivity index (χ1v) is 6.65. The standard InChI is InChI=1S/C14H23N3/c1-3-17(14-5-4-6-15-10-14)11-13-7-12(2)8-16-9-13/h7-9,14-15H,3-6,10-11H2,1-2H3. The minimum Gasteiger partial charge on any atom is -0.315 e. The molecule has 1 aromatic rings. The van der Waals surface area contributed by atoms with Gasteiger partial charge in [0, 0.05) is 31.5 Å². The summed E-state index contributed by atoms with van der Waals surface area (Å²) >= 11 is 0. The zero-order valence-corrected chi connectivity index (χ0v) is 10.9. The molecule has 0 radical (unpaired) electrons. The Hall–Kier alpha value is -0.930. The van der Waals surface area contributed by atoms with Crippen molar-refractivity contribution in [2.45, 2.75) is 39.3 Å². The van der Waals surface area contributed by atoms with E-state index >= 15 is 0 Å². The smallest absolute Gasteiger partial charge is 0.0313 e. The van der Waals surface area contributed by atoms with Crippen LogP contribution in [-0.2, 0) is 6.54 Å². The van der Waals surface area contributed by atoms with Crippen LogP contribution in [0.2, 0.25) is 0 Å². The molecule has 1 unspecified atom stereocenters. The van der Waals surface area contributed by atoms with Crippen molar-refractivity contribution in [3.05, 3.63) is 29.6 Å². The molecule has 1 N–H and O–H groups in total. The molecule has 0 amide bonds.